The molecular weight excluding hydrogens is 380 g/mol. The summed E-state index contributed by atoms with van der Waals surface area (Å²) in [5.74, 6) is -1.36. The maximum atomic E-state index is 12.3. The van der Waals surface area contributed by atoms with Crippen LogP contribution in [0.15, 0.2) is 60.7 Å². The van der Waals surface area contributed by atoms with Crippen molar-refractivity contribution >= 4 is 29.7 Å². The number of esters is 3. The number of hydrogen-bond acceptors (Lipinski definition) is 7. The largest absolute Gasteiger partial charge is 0.461 e. The summed E-state index contributed by atoms with van der Waals surface area (Å²) < 4.78 is 16.2. The molecule has 0 aromatic heterocycles. The van der Waals surface area contributed by atoms with Gasteiger partial charge in [0.15, 0.2) is 5.44 Å². The van der Waals surface area contributed by atoms with Crippen molar-refractivity contribution in [1.29, 1.82) is 0 Å². The van der Waals surface area contributed by atoms with Crippen molar-refractivity contribution in [1.82, 2.24) is 0 Å². The van der Waals surface area contributed by atoms with Gasteiger partial charge in [0, 0.05) is 18.6 Å². The van der Waals surface area contributed by atoms with Gasteiger partial charge >= 0.3 is 17.9 Å². The van der Waals surface area contributed by atoms with Crippen molar-refractivity contribution < 1.29 is 28.6 Å². The minimum atomic E-state index is -0.634. The molecular formula is C21H20O6S. The van der Waals surface area contributed by atoms with Gasteiger partial charge in [0.25, 0.3) is 0 Å². The number of benzene rings is 2. The van der Waals surface area contributed by atoms with Crippen LogP contribution < -0.4 is 0 Å². The number of carbonyl (C=O) groups is 3. The fourth-order valence-corrected chi connectivity index (χ4v) is 4.15. The molecule has 2 aromatic carbocycles. The first-order chi connectivity index (χ1) is 13.5. The van der Waals surface area contributed by atoms with Gasteiger partial charge < -0.3 is 14.2 Å². The highest BCUT2D eigenvalue weighted by Crippen LogP contribution is 2.37. The predicted molar refractivity (Wildman–Crippen MR) is 104 cm³/mol. The van der Waals surface area contributed by atoms with E-state index < -0.39 is 29.4 Å². The molecule has 3 rings (SSSR count). The molecule has 0 saturated carbocycles. The third-order valence-electron chi connectivity index (χ3n) is 4.09. The smallest absolute Gasteiger partial charge is 0.338 e. The summed E-state index contributed by atoms with van der Waals surface area (Å²) in [5.41, 5.74) is 0.257. The molecule has 0 N–H and O–H groups in total. The Balaban J connectivity index is 1.59. The Labute approximate surface area is 167 Å². The Bertz CT molecular complexity index is 823. The molecule has 3 atom stereocenters. The Morgan fingerprint density at radius 1 is 0.893 bits per heavy atom. The van der Waals surface area contributed by atoms with Crippen LogP contribution in [0.25, 0.3) is 0 Å². The summed E-state index contributed by atoms with van der Waals surface area (Å²) in [6, 6.07) is 17.3. The van der Waals surface area contributed by atoms with Gasteiger partial charge in [-0.2, -0.15) is 0 Å². The lowest BCUT2D eigenvalue weighted by molar-refractivity contribution is -0.146. The summed E-state index contributed by atoms with van der Waals surface area (Å²) in [4.78, 5) is 35.8. The summed E-state index contributed by atoms with van der Waals surface area (Å²) in [5, 5.41) is -0.148. The zero-order chi connectivity index (χ0) is 19.9. The standard InChI is InChI=1S/C21H20O6S/c1-14(22)26-21-18(27-20(24)16-10-6-3-7-11-16)12-17(28-21)13-25-19(23)15-8-4-2-5-9-15/h2-11,17-18,21H,12-13H2,1H3/t17-,18+,21?/m0/s1. The number of carbonyl (C=O) groups excluding carboxylic acids is 3. The average Bonchev–Trinajstić information content (AvgIpc) is 3.08. The van der Waals surface area contributed by atoms with E-state index in [2.05, 4.69) is 0 Å². The van der Waals surface area contributed by atoms with Crippen molar-refractivity contribution in [2.75, 3.05) is 6.61 Å². The molecule has 1 aliphatic heterocycles. The zero-order valence-electron chi connectivity index (χ0n) is 15.3. The van der Waals surface area contributed by atoms with E-state index in [1.807, 2.05) is 6.07 Å². The highest BCUT2D eigenvalue weighted by atomic mass is 32.2. The molecule has 28 heavy (non-hydrogen) atoms. The van der Waals surface area contributed by atoms with E-state index in [0.717, 1.165) is 0 Å². The van der Waals surface area contributed by atoms with Gasteiger partial charge in [0.1, 0.15) is 12.7 Å². The fourth-order valence-electron chi connectivity index (χ4n) is 2.79. The van der Waals surface area contributed by atoms with Gasteiger partial charge in [-0.05, 0) is 24.3 Å². The summed E-state index contributed by atoms with van der Waals surface area (Å²) in [6.07, 6.45) is -0.189. The summed E-state index contributed by atoms with van der Waals surface area (Å²) >= 11 is 1.32. The Kier molecular flexibility index (Phi) is 6.71. The van der Waals surface area contributed by atoms with Gasteiger partial charge in [-0.15, -0.1) is 11.8 Å². The SMILES string of the molecule is CC(=O)OC1S[C@H](COC(=O)c2ccccc2)C[C@H]1OC(=O)c1ccccc1. The lowest BCUT2D eigenvalue weighted by atomic mass is 10.2. The molecule has 0 amide bonds. The lowest BCUT2D eigenvalue weighted by Crippen LogP contribution is -2.28. The van der Waals surface area contributed by atoms with Gasteiger partial charge in [0.2, 0.25) is 0 Å². The minimum Gasteiger partial charge on any atom is -0.461 e. The second kappa shape index (κ2) is 9.41. The summed E-state index contributed by atoms with van der Waals surface area (Å²) in [7, 11) is 0. The molecule has 1 heterocycles. The third-order valence-corrected chi connectivity index (χ3v) is 5.47. The van der Waals surface area contributed by atoms with E-state index in [0.29, 0.717) is 17.5 Å². The third kappa shape index (κ3) is 5.36. The normalized spacial score (nSPS) is 21.0. The molecule has 0 spiro atoms. The van der Waals surface area contributed by atoms with Crippen LogP contribution in [0.2, 0.25) is 0 Å². The number of hydrogen-bond donors (Lipinski definition) is 0. The maximum Gasteiger partial charge on any atom is 0.338 e. The van der Waals surface area contributed by atoms with Crippen molar-refractivity contribution in [3.05, 3.63) is 71.8 Å². The highest BCUT2D eigenvalue weighted by Gasteiger charge is 2.40. The van der Waals surface area contributed by atoms with Gasteiger partial charge in [-0.3, -0.25) is 4.79 Å². The van der Waals surface area contributed by atoms with Crippen LogP contribution in [0.1, 0.15) is 34.1 Å². The number of thioether (sulfide) groups is 1. The fraction of sp³-hybridized carbons (Fsp3) is 0.286. The van der Waals surface area contributed by atoms with Crippen LogP contribution in [0.5, 0.6) is 0 Å². The predicted octanol–water partition coefficient (Wildman–Crippen LogP) is 3.46. The van der Waals surface area contributed by atoms with E-state index in [1.54, 1.807) is 54.6 Å². The van der Waals surface area contributed by atoms with E-state index in [-0.39, 0.29) is 11.9 Å². The van der Waals surface area contributed by atoms with Crippen LogP contribution in [0.4, 0.5) is 0 Å². The first kappa shape index (κ1) is 19.9. The maximum absolute atomic E-state index is 12.3. The topological polar surface area (TPSA) is 78.9 Å². The van der Waals surface area contributed by atoms with Crippen molar-refractivity contribution in [3.8, 4) is 0 Å². The Morgan fingerprint density at radius 2 is 1.46 bits per heavy atom. The number of ether oxygens (including phenoxy) is 3. The van der Waals surface area contributed by atoms with E-state index >= 15 is 0 Å². The number of rotatable bonds is 6. The van der Waals surface area contributed by atoms with Gasteiger partial charge in [0.05, 0.1) is 11.1 Å². The van der Waals surface area contributed by atoms with Crippen LogP contribution in [0.3, 0.4) is 0 Å². The summed E-state index contributed by atoms with van der Waals surface area (Å²) in [6.45, 7) is 1.44. The molecule has 0 aliphatic carbocycles. The average molecular weight is 400 g/mol. The van der Waals surface area contributed by atoms with Crippen LogP contribution in [0, 0.1) is 0 Å². The molecule has 0 bridgehead atoms. The Hall–Kier alpha value is -2.80. The molecule has 1 aliphatic rings. The van der Waals surface area contributed by atoms with Crippen LogP contribution >= 0.6 is 11.8 Å². The minimum absolute atomic E-state index is 0.134. The molecule has 1 fully saturated rings. The molecule has 1 saturated heterocycles. The van der Waals surface area contributed by atoms with E-state index in [9.17, 15) is 14.4 Å². The molecule has 1 unspecified atom stereocenters. The quantitative estimate of drug-likeness (QED) is 0.543. The zero-order valence-corrected chi connectivity index (χ0v) is 16.1. The second-order valence-electron chi connectivity index (χ2n) is 6.25. The molecule has 2 aromatic rings. The van der Waals surface area contributed by atoms with E-state index in [1.165, 1.54) is 18.7 Å². The van der Waals surface area contributed by atoms with Gasteiger partial charge in [-0.1, -0.05) is 36.4 Å². The monoisotopic (exact) mass is 400 g/mol. The molecule has 6 nitrogen and oxygen atoms in total. The van der Waals surface area contributed by atoms with E-state index in [4.69, 9.17) is 14.2 Å². The first-order valence-corrected chi connectivity index (χ1v) is 9.78. The van der Waals surface area contributed by atoms with Crippen LogP contribution in [-0.4, -0.2) is 41.3 Å². The molecule has 0 radical (unpaired) electrons. The van der Waals surface area contributed by atoms with Crippen molar-refractivity contribution in [3.63, 3.8) is 0 Å². The van der Waals surface area contributed by atoms with Gasteiger partial charge in [-0.25, -0.2) is 9.59 Å². The Morgan fingerprint density at radius 3 is 2.04 bits per heavy atom. The van der Waals surface area contributed by atoms with Crippen molar-refractivity contribution in [2.45, 2.75) is 30.1 Å². The first-order valence-electron chi connectivity index (χ1n) is 8.84. The lowest BCUT2D eigenvalue weighted by Gasteiger charge is -2.18. The molecule has 146 valence electrons. The van der Waals surface area contributed by atoms with Crippen LogP contribution in [-0.2, 0) is 19.0 Å². The molecule has 7 heteroatoms. The second-order valence-corrected chi connectivity index (χ2v) is 7.65. The van der Waals surface area contributed by atoms with Crippen molar-refractivity contribution in [2.24, 2.45) is 0 Å². The highest BCUT2D eigenvalue weighted by molar-refractivity contribution is 8.00.